The third-order valence-electron chi connectivity index (χ3n) is 7.42. The third kappa shape index (κ3) is 5.20. The van der Waals surface area contributed by atoms with Crippen LogP contribution >= 0.6 is 0 Å². The largest absolute Gasteiger partial charge is 0.449 e. The Hall–Kier alpha value is -3.06. The maximum atomic E-state index is 12.6. The smallest absolute Gasteiger partial charge is 0.409 e. The molecule has 3 heterocycles. The number of ether oxygens (including phenoxy) is 1. The van der Waals surface area contributed by atoms with Crippen molar-refractivity contribution in [3.8, 4) is 0 Å². The van der Waals surface area contributed by atoms with E-state index in [0.717, 1.165) is 62.8 Å². The number of piperidine rings is 2. The molecule has 2 fully saturated rings. The summed E-state index contributed by atoms with van der Waals surface area (Å²) >= 11 is 0. The lowest BCUT2D eigenvalue weighted by molar-refractivity contribution is 0.0783. The van der Waals surface area contributed by atoms with Gasteiger partial charge in [-0.1, -0.05) is 42.5 Å². The van der Waals surface area contributed by atoms with Crippen LogP contribution in [0.15, 0.2) is 59.4 Å². The van der Waals surface area contributed by atoms with E-state index in [4.69, 9.17) is 4.74 Å². The Balaban J connectivity index is 1.03. The molecule has 7 nitrogen and oxygen atoms in total. The number of imidazole rings is 1. The van der Waals surface area contributed by atoms with E-state index < -0.39 is 0 Å². The molecule has 34 heavy (non-hydrogen) atoms. The fourth-order valence-electron chi connectivity index (χ4n) is 5.42. The second-order valence-corrected chi connectivity index (χ2v) is 9.64. The van der Waals surface area contributed by atoms with Crippen molar-refractivity contribution in [2.24, 2.45) is 5.92 Å². The Morgan fingerprint density at radius 1 is 0.912 bits per heavy atom. The average molecular weight is 463 g/mol. The van der Waals surface area contributed by atoms with E-state index >= 15 is 0 Å². The number of aromatic nitrogens is 2. The predicted molar refractivity (Wildman–Crippen MR) is 133 cm³/mol. The average Bonchev–Trinajstić information content (AvgIpc) is 3.21. The van der Waals surface area contributed by atoms with Crippen LogP contribution in [0.4, 0.5) is 4.79 Å². The highest BCUT2D eigenvalue weighted by Crippen LogP contribution is 2.26. The molecule has 180 valence electrons. The van der Waals surface area contributed by atoms with Crippen LogP contribution in [-0.2, 0) is 11.3 Å². The standard InChI is InChI=1S/C27H34N4O3/c32-26-28-24-8-4-5-9-25(24)31(26)23-12-17-30(18-13-23)27(33)34-19-14-21-10-15-29(16-11-21)20-22-6-2-1-3-7-22/h1-9,21,23H,10-20H2,(H,28,32). The number of nitrogens with zero attached hydrogens (tertiary/aromatic N) is 3. The van der Waals surface area contributed by atoms with Gasteiger partial charge in [-0.3, -0.25) is 9.47 Å². The van der Waals surface area contributed by atoms with E-state index in [-0.39, 0.29) is 17.8 Å². The lowest BCUT2D eigenvalue weighted by Crippen LogP contribution is -2.41. The summed E-state index contributed by atoms with van der Waals surface area (Å²) in [5.41, 5.74) is 3.09. The molecule has 1 amide bonds. The van der Waals surface area contributed by atoms with Crippen LogP contribution in [0.1, 0.15) is 43.7 Å². The van der Waals surface area contributed by atoms with Gasteiger partial charge in [-0.15, -0.1) is 0 Å². The fourth-order valence-corrected chi connectivity index (χ4v) is 5.42. The highest BCUT2D eigenvalue weighted by atomic mass is 16.6. The molecule has 1 N–H and O–H groups in total. The van der Waals surface area contributed by atoms with Crippen molar-refractivity contribution < 1.29 is 9.53 Å². The first-order valence-electron chi connectivity index (χ1n) is 12.5. The SMILES string of the molecule is O=C(OCCC1CCN(Cc2ccccc2)CC1)N1CCC(n2c(=O)[nH]c3ccccc32)CC1. The first-order chi connectivity index (χ1) is 16.7. The highest BCUT2D eigenvalue weighted by molar-refractivity contribution is 5.75. The van der Waals surface area contributed by atoms with E-state index in [0.29, 0.717) is 25.6 Å². The number of hydrogen-bond acceptors (Lipinski definition) is 4. The molecule has 0 bridgehead atoms. The minimum atomic E-state index is -0.216. The van der Waals surface area contributed by atoms with Gasteiger partial charge < -0.3 is 14.6 Å². The molecule has 0 radical (unpaired) electrons. The van der Waals surface area contributed by atoms with Crippen LogP contribution in [0.2, 0.25) is 0 Å². The molecule has 3 aromatic rings. The molecule has 2 saturated heterocycles. The van der Waals surface area contributed by atoms with E-state index in [9.17, 15) is 9.59 Å². The maximum absolute atomic E-state index is 12.6. The van der Waals surface area contributed by atoms with Crippen molar-refractivity contribution in [2.75, 3.05) is 32.8 Å². The van der Waals surface area contributed by atoms with Gasteiger partial charge in [0.05, 0.1) is 17.6 Å². The molecule has 2 aliphatic heterocycles. The summed E-state index contributed by atoms with van der Waals surface area (Å²) < 4.78 is 7.47. The monoisotopic (exact) mass is 462 g/mol. The third-order valence-corrected chi connectivity index (χ3v) is 7.42. The number of carbonyl (C=O) groups excluding carboxylic acids is 1. The molecule has 0 aliphatic carbocycles. The summed E-state index contributed by atoms with van der Waals surface area (Å²) in [6.45, 7) is 4.95. The molecule has 0 spiro atoms. The highest BCUT2D eigenvalue weighted by Gasteiger charge is 2.27. The van der Waals surface area contributed by atoms with Crippen molar-refractivity contribution in [1.29, 1.82) is 0 Å². The summed E-state index contributed by atoms with van der Waals surface area (Å²) in [7, 11) is 0. The van der Waals surface area contributed by atoms with E-state index in [1.165, 1.54) is 5.56 Å². The van der Waals surface area contributed by atoms with Gasteiger partial charge in [-0.05, 0) is 68.8 Å². The van der Waals surface area contributed by atoms with Gasteiger partial charge in [-0.2, -0.15) is 0 Å². The van der Waals surface area contributed by atoms with E-state index in [2.05, 4.69) is 40.2 Å². The summed E-state index contributed by atoms with van der Waals surface area (Å²) in [6.07, 6.45) is 4.57. The number of fused-ring (bicyclic) bond motifs is 1. The lowest BCUT2D eigenvalue weighted by atomic mass is 9.93. The van der Waals surface area contributed by atoms with Crippen molar-refractivity contribution in [3.63, 3.8) is 0 Å². The number of hydrogen-bond donors (Lipinski definition) is 1. The minimum absolute atomic E-state index is 0.0722. The van der Waals surface area contributed by atoms with Gasteiger partial charge in [-0.25, -0.2) is 9.59 Å². The van der Waals surface area contributed by atoms with Gasteiger partial charge in [0.2, 0.25) is 0 Å². The Morgan fingerprint density at radius 3 is 2.38 bits per heavy atom. The van der Waals surface area contributed by atoms with Gasteiger partial charge in [0.1, 0.15) is 0 Å². The summed E-state index contributed by atoms with van der Waals surface area (Å²) in [6, 6.07) is 18.5. The molecular weight excluding hydrogens is 428 g/mol. The second kappa shape index (κ2) is 10.5. The molecule has 0 atom stereocenters. The molecule has 0 saturated carbocycles. The van der Waals surface area contributed by atoms with Crippen LogP contribution in [0.5, 0.6) is 0 Å². The molecule has 5 rings (SSSR count). The van der Waals surface area contributed by atoms with Gasteiger partial charge >= 0.3 is 11.8 Å². The van der Waals surface area contributed by atoms with Gasteiger partial charge in [0.25, 0.3) is 0 Å². The summed E-state index contributed by atoms with van der Waals surface area (Å²) in [4.78, 5) is 32.3. The Kier molecular flexibility index (Phi) is 7.00. The predicted octanol–water partition coefficient (Wildman–Crippen LogP) is 4.41. The first-order valence-corrected chi connectivity index (χ1v) is 12.5. The normalized spacial score (nSPS) is 18.4. The summed E-state index contributed by atoms with van der Waals surface area (Å²) in [5.74, 6) is 0.624. The molecule has 2 aliphatic rings. The lowest BCUT2D eigenvalue weighted by Gasteiger charge is -2.33. The fraction of sp³-hybridized carbons (Fsp3) is 0.481. The Bertz CT molecular complexity index is 1140. The van der Waals surface area contributed by atoms with Gasteiger partial charge in [0, 0.05) is 25.7 Å². The van der Waals surface area contributed by atoms with Crippen LogP contribution < -0.4 is 5.69 Å². The maximum Gasteiger partial charge on any atom is 0.409 e. The number of aromatic amines is 1. The molecule has 0 unspecified atom stereocenters. The second-order valence-electron chi connectivity index (χ2n) is 9.64. The Morgan fingerprint density at radius 2 is 1.62 bits per heavy atom. The number of rotatable bonds is 6. The van der Waals surface area contributed by atoms with E-state index in [1.54, 1.807) is 4.90 Å². The zero-order valence-corrected chi connectivity index (χ0v) is 19.7. The van der Waals surface area contributed by atoms with Crippen LogP contribution in [0, 0.1) is 5.92 Å². The molecule has 1 aromatic heterocycles. The molecule has 2 aromatic carbocycles. The number of benzene rings is 2. The zero-order valence-electron chi connectivity index (χ0n) is 19.7. The zero-order chi connectivity index (χ0) is 23.3. The van der Waals surface area contributed by atoms with Gasteiger partial charge in [0.15, 0.2) is 0 Å². The number of H-pyrrole nitrogens is 1. The van der Waals surface area contributed by atoms with Crippen molar-refractivity contribution in [2.45, 2.75) is 44.7 Å². The first kappa shape index (κ1) is 22.7. The number of likely N-dealkylation sites (tertiary alicyclic amines) is 2. The van der Waals surface area contributed by atoms with Crippen molar-refractivity contribution >= 4 is 17.1 Å². The minimum Gasteiger partial charge on any atom is -0.449 e. The molecule has 7 heteroatoms. The molecular formula is C27H34N4O3. The number of nitrogens with one attached hydrogen (secondary N) is 1. The number of para-hydroxylation sites is 2. The van der Waals surface area contributed by atoms with Crippen LogP contribution in [0.25, 0.3) is 11.0 Å². The summed E-state index contributed by atoms with van der Waals surface area (Å²) in [5, 5.41) is 0. The van der Waals surface area contributed by atoms with Crippen LogP contribution in [0.3, 0.4) is 0 Å². The van der Waals surface area contributed by atoms with Crippen LogP contribution in [-0.4, -0.2) is 58.2 Å². The topological polar surface area (TPSA) is 70.6 Å². The number of amides is 1. The van der Waals surface area contributed by atoms with Crippen molar-refractivity contribution in [1.82, 2.24) is 19.4 Å². The quantitative estimate of drug-likeness (QED) is 0.589. The Labute approximate surface area is 200 Å². The van der Waals surface area contributed by atoms with E-state index in [1.807, 2.05) is 28.8 Å². The number of carbonyl (C=O) groups is 1. The van der Waals surface area contributed by atoms with Crippen molar-refractivity contribution in [3.05, 3.63) is 70.6 Å².